The molecular formula is C17H18INO2. The molecule has 0 atom stereocenters. The quantitative estimate of drug-likeness (QED) is 0.737. The van der Waals surface area contributed by atoms with Crippen LogP contribution in [-0.4, -0.2) is 23.9 Å². The molecule has 1 saturated heterocycles. The summed E-state index contributed by atoms with van der Waals surface area (Å²) in [5, 5.41) is 0. The zero-order valence-electron chi connectivity index (χ0n) is 11.8. The van der Waals surface area contributed by atoms with Crippen molar-refractivity contribution in [3.8, 4) is 0 Å². The molecule has 1 amide bonds. The zero-order valence-corrected chi connectivity index (χ0v) is 14.0. The Balaban J connectivity index is 1.54. The molecule has 0 N–H and O–H groups in total. The number of furan rings is 1. The van der Waals surface area contributed by atoms with Gasteiger partial charge in [-0.2, -0.15) is 0 Å². The van der Waals surface area contributed by atoms with Crippen molar-refractivity contribution in [3.05, 3.63) is 57.6 Å². The molecule has 110 valence electrons. The Morgan fingerprint density at radius 2 is 1.86 bits per heavy atom. The third kappa shape index (κ3) is 3.67. The molecule has 1 fully saturated rings. The van der Waals surface area contributed by atoms with Gasteiger partial charge in [-0.15, -0.1) is 0 Å². The van der Waals surface area contributed by atoms with Crippen LogP contribution in [-0.2, 0) is 6.42 Å². The number of carbonyl (C=O) groups is 1. The molecule has 1 aromatic carbocycles. The number of benzene rings is 1. The van der Waals surface area contributed by atoms with Crippen LogP contribution in [0, 0.1) is 9.68 Å². The average Bonchev–Trinajstić information content (AvgIpc) is 2.95. The summed E-state index contributed by atoms with van der Waals surface area (Å²) in [5.74, 6) is 1.16. The summed E-state index contributed by atoms with van der Waals surface area (Å²) in [6.45, 7) is 1.65. The highest BCUT2D eigenvalue weighted by molar-refractivity contribution is 14.1. The highest BCUT2D eigenvalue weighted by Gasteiger charge is 2.25. The van der Waals surface area contributed by atoms with Crippen LogP contribution < -0.4 is 0 Å². The molecule has 0 spiro atoms. The van der Waals surface area contributed by atoms with E-state index in [0.29, 0.717) is 11.7 Å². The molecule has 4 heteroatoms. The lowest BCUT2D eigenvalue weighted by Gasteiger charge is -2.31. The molecule has 21 heavy (non-hydrogen) atoms. The third-order valence-electron chi connectivity index (χ3n) is 4.05. The molecule has 0 unspecified atom stereocenters. The summed E-state index contributed by atoms with van der Waals surface area (Å²) < 4.78 is 6.18. The van der Waals surface area contributed by atoms with E-state index in [9.17, 15) is 4.79 Å². The second kappa shape index (κ2) is 6.64. The molecule has 0 bridgehead atoms. The summed E-state index contributed by atoms with van der Waals surface area (Å²) >= 11 is 2.08. The number of amides is 1. The first-order valence-electron chi connectivity index (χ1n) is 7.31. The minimum atomic E-state index is 0.0241. The molecule has 1 aliphatic rings. The second-order valence-corrected chi connectivity index (χ2v) is 6.59. The predicted octanol–water partition coefficient (Wildman–Crippen LogP) is 3.98. The molecule has 0 saturated carbocycles. The van der Waals surface area contributed by atoms with Crippen LogP contribution >= 0.6 is 22.6 Å². The lowest BCUT2D eigenvalue weighted by Crippen LogP contribution is -2.38. The van der Waals surface area contributed by atoms with Gasteiger partial charge in [0.1, 0.15) is 0 Å². The molecule has 0 aliphatic carbocycles. The third-order valence-corrected chi connectivity index (χ3v) is 4.63. The normalized spacial score (nSPS) is 16.1. The number of carbonyl (C=O) groups excluding carboxylic acids is 1. The highest BCUT2D eigenvalue weighted by Crippen LogP contribution is 2.23. The lowest BCUT2D eigenvalue weighted by atomic mass is 9.90. The van der Waals surface area contributed by atoms with Crippen LogP contribution in [0.3, 0.4) is 0 Å². The molecule has 3 rings (SSSR count). The molecule has 1 aromatic heterocycles. The standard InChI is InChI=1S/C17H18INO2/c18-16-7-6-15(21-16)17(20)19-10-8-14(9-11-19)12-13-4-2-1-3-5-13/h1-7,14H,8-12H2. The first-order chi connectivity index (χ1) is 10.2. The van der Waals surface area contributed by atoms with Crippen molar-refractivity contribution in [1.82, 2.24) is 4.90 Å². The van der Waals surface area contributed by atoms with E-state index in [1.54, 1.807) is 6.07 Å². The van der Waals surface area contributed by atoms with Gasteiger partial charge in [-0.3, -0.25) is 4.79 Å². The van der Waals surface area contributed by atoms with Gasteiger partial charge in [0.05, 0.1) is 0 Å². The van der Waals surface area contributed by atoms with Crippen LogP contribution in [0.1, 0.15) is 29.0 Å². The molecule has 2 heterocycles. The first kappa shape index (κ1) is 14.6. The van der Waals surface area contributed by atoms with Gasteiger partial charge in [0.25, 0.3) is 5.91 Å². The maximum Gasteiger partial charge on any atom is 0.289 e. The van der Waals surface area contributed by atoms with Gasteiger partial charge in [0, 0.05) is 13.1 Å². The van der Waals surface area contributed by atoms with Gasteiger partial charge in [-0.1, -0.05) is 30.3 Å². The van der Waals surface area contributed by atoms with Gasteiger partial charge in [0.15, 0.2) is 9.53 Å². The average molecular weight is 395 g/mol. The number of hydrogen-bond acceptors (Lipinski definition) is 2. The summed E-state index contributed by atoms with van der Waals surface area (Å²) in [4.78, 5) is 14.2. The van der Waals surface area contributed by atoms with Gasteiger partial charge < -0.3 is 9.32 Å². The Kier molecular flexibility index (Phi) is 4.63. The van der Waals surface area contributed by atoms with Crippen LogP contribution in [0.15, 0.2) is 46.9 Å². The lowest BCUT2D eigenvalue weighted by molar-refractivity contribution is 0.0657. The highest BCUT2D eigenvalue weighted by atomic mass is 127. The Morgan fingerprint density at radius 3 is 2.48 bits per heavy atom. The number of piperidine rings is 1. The Morgan fingerprint density at radius 1 is 1.14 bits per heavy atom. The van der Waals surface area contributed by atoms with Crippen molar-refractivity contribution in [3.63, 3.8) is 0 Å². The van der Waals surface area contributed by atoms with E-state index in [0.717, 1.165) is 36.1 Å². The molecule has 3 nitrogen and oxygen atoms in total. The Hall–Kier alpha value is -1.30. The minimum Gasteiger partial charge on any atom is -0.445 e. The first-order valence-corrected chi connectivity index (χ1v) is 8.39. The van der Waals surface area contributed by atoms with E-state index in [-0.39, 0.29) is 5.91 Å². The fraction of sp³-hybridized carbons (Fsp3) is 0.353. The largest absolute Gasteiger partial charge is 0.445 e. The van der Waals surface area contributed by atoms with Crippen molar-refractivity contribution >= 4 is 28.5 Å². The smallest absolute Gasteiger partial charge is 0.289 e. The number of likely N-dealkylation sites (tertiary alicyclic amines) is 1. The van der Waals surface area contributed by atoms with Crippen molar-refractivity contribution in [1.29, 1.82) is 0 Å². The minimum absolute atomic E-state index is 0.0241. The van der Waals surface area contributed by atoms with Gasteiger partial charge in [0.2, 0.25) is 0 Å². The van der Waals surface area contributed by atoms with Gasteiger partial charge in [-0.25, -0.2) is 0 Å². The predicted molar refractivity (Wildman–Crippen MR) is 90.2 cm³/mol. The van der Waals surface area contributed by atoms with Crippen molar-refractivity contribution < 1.29 is 9.21 Å². The number of hydrogen-bond donors (Lipinski definition) is 0. The fourth-order valence-electron chi connectivity index (χ4n) is 2.87. The van der Waals surface area contributed by atoms with E-state index in [1.807, 2.05) is 11.0 Å². The summed E-state index contributed by atoms with van der Waals surface area (Å²) in [6, 6.07) is 14.2. The Labute approximate surface area is 138 Å². The van der Waals surface area contributed by atoms with E-state index in [1.165, 1.54) is 5.56 Å². The summed E-state index contributed by atoms with van der Waals surface area (Å²) in [7, 11) is 0. The van der Waals surface area contributed by atoms with Crippen molar-refractivity contribution in [2.75, 3.05) is 13.1 Å². The fourth-order valence-corrected chi connectivity index (χ4v) is 3.29. The van der Waals surface area contributed by atoms with Crippen LogP contribution in [0.25, 0.3) is 0 Å². The zero-order chi connectivity index (χ0) is 14.7. The van der Waals surface area contributed by atoms with Crippen molar-refractivity contribution in [2.24, 2.45) is 5.92 Å². The monoisotopic (exact) mass is 395 g/mol. The Bertz CT molecular complexity index is 600. The van der Waals surface area contributed by atoms with E-state index in [4.69, 9.17) is 4.42 Å². The van der Waals surface area contributed by atoms with E-state index < -0.39 is 0 Å². The van der Waals surface area contributed by atoms with Gasteiger partial charge in [-0.05, 0) is 65.5 Å². The topological polar surface area (TPSA) is 33.5 Å². The van der Waals surface area contributed by atoms with Crippen molar-refractivity contribution in [2.45, 2.75) is 19.3 Å². The SMILES string of the molecule is O=C(c1ccc(I)o1)N1CCC(Cc2ccccc2)CC1. The second-order valence-electron chi connectivity index (χ2n) is 5.53. The summed E-state index contributed by atoms with van der Waals surface area (Å²) in [6.07, 6.45) is 3.25. The van der Waals surface area contributed by atoms with Gasteiger partial charge >= 0.3 is 0 Å². The van der Waals surface area contributed by atoms with E-state index in [2.05, 4.69) is 52.9 Å². The molecule has 0 radical (unpaired) electrons. The van der Waals surface area contributed by atoms with Crippen LogP contribution in [0.2, 0.25) is 0 Å². The number of rotatable bonds is 3. The van der Waals surface area contributed by atoms with E-state index >= 15 is 0 Å². The maximum absolute atomic E-state index is 12.3. The summed E-state index contributed by atoms with van der Waals surface area (Å²) in [5.41, 5.74) is 1.39. The van der Waals surface area contributed by atoms with Crippen LogP contribution in [0.5, 0.6) is 0 Å². The van der Waals surface area contributed by atoms with Crippen LogP contribution in [0.4, 0.5) is 0 Å². The maximum atomic E-state index is 12.3. The molecule has 2 aromatic rings. The number of nitrogens with zero attached hydrogens (tertiary/aromatic N) is 1. The molecule has 1 aliphatic heterocycles. The molecular weight excluding hydrogens is 377 g/mol. The number of halogens is 1.